The molecule has 5 amide bonds. The molecule has 6 fully saturated rings. The molecule has 16 rings (SSSR count). The topological polar surface area (TPSA) is 296 Å². The molecular weight excluding hydrogens is 1400 g/mol. The summed E-state index contributed by atoms with van der Waals surface area (Å²) in [5.74, 6) is -2.44. The van der Waals surface area contributed by atoms with E-state index < -0.39 is 59.2 Å². The maximum atomic E-state index is 14.6. The number of nitrogens with zero attached hydrogens (tertiary/aromatic N) is 12. The van der Waals surface area contributed by atoms with Gasteiger partial charge in [0.05, 0.1) is 80.7 Å². The Labute approximate surface area is 622 Å². The summed E-state index contributed by atoms with van der Waals surface area (Å²) >= 11 is 0. The highest BCUT2D eigenvalue weighted by atomic mass is 19.4. The summed E-state index contributed by atoms with van der Waals surface area (Å²) in [4.78, 5) is 102. The van der Waals surface area contributed by atoms with Crippen molar-refractivity contribution < 1.29 is 51.4 Å². The van der Waals surface area contributed by atoms with Crippen molar-refractivity contribution in [2.24, 2.45) is 37.8 Å². The number of nitriles is 1. The molecule has 25 nitrogen and oxygen atoms in total. The monoisotopic (exact) mass is 1490 g/mol. The SMILES string of the molecule is COc1cc2nn([C@H]3CC[C@H](CN4CCC(c5cccc6c5n(C)c(=O)n6C5CCC(=O)NC5O)CC4)C(C4C[C@@H](n5cc6cc(NC(=O)c7cncc(C#N)c7)ccc6n5)CC[C@@H]4CN4CCC(c5cccc6c5n(C)c(=O)n6C5CCC(=O)NC5=O)CC4)C3)cc2cc1NC(=O)c1cc(F)cc(C(F)(F)F)c1. The van der Waals surface area contributed by atoms with Crippen molar-refractivity contribution in [1.29, 1.82) is 5.26 Å². The normalized spacial score (nSPS) is 23.7. The molecule has 2 saturated carbocycles. The van der Waals surface area contributed by atoms with E-state index in [2.05, 4.69) is 59.1 Å². The molecule has 9 heterocycles. The van der Waals surface area contributed by atoms with Gasteiger partial charge in [0.1, 0.15) is 29.9 Å². The number of halogens is 4. The number of nitrogens with one attached hydrogen (secondary N) is 4. The number of aliphatic hydroxyl groups excluding tert-OH is 1. The van der Waals surface area contributed by atoms with E-state index in [-0.39, 0.29) is 113 Å². The lowest BCUT2D eigenvalue weighted by atomic mass is 9.62. The third kappa shape index (κ3) is 14.1. The quantitative estimate of drug-likeness (QED) is 0.0444. The van der Waals surface area contributed by atoms with Gasteiger partial charge in [-0.1, -0.05) is 24.3 Å². The molecule has 566 valence electrons. The minimum atomic E-state index is -4.89. The number of rotatable bonds is 16. The number of carbonyl (C=O) groups excluding carboxylic acids is 5. The first kappa shape index (κ1) is 72.4. The number of aromatic nitrogens is 9. The van der Waals surface area contributed by atoms with Gasteiger partial charge in [-0.05, 0) is 211 Å². The Morgan fingerprint density at radius 1 is 0.651 bits per heavy atom. The molecule has 109 heavy (non-hydrogen) atoms. The second-order valence-electron chi connectivity index (χ2n) is 30.7. The number of ether oxygens (including phenoxy) is 1. The van der Waals surface area contributed by atoms with Gasteiger partial charge in [-0.2, -0.15) is 28.6 Å². The largest absolute Gasteiger partial charge is 0.494 e. The fraction of sp³-hybridized carbons (Fsp3) is 0.438. The van der Waals surface area contributed by atoms with Crippen molar-refractivity contribution >= 4 is 84.8 Å². The number of fused-ring (bicyclic) bond motifs is 4. The van der Waals surface area contributed by atoms with Crippen LogP contribution in [0.2, 0.25) is 0 Å². The molecule has 0 bridgehead atoms. The number of anilines is 2. The average molecular weight is 1490 g/mol. The van der Waals surface area contributed by atoms with Gasteiger partial charge in [0, 0.05) is 92.9 Å². The molecule has 2 aliphatic carbocycles. The predicted octanol–water partition coefficient (Wildman–Crippen LogP) is 10.8. The smallest absolute Gasteiger partial charge is 0.416 e. The van der Waals surface area contributed by atoms with E-state index in [4.69, 9.17) is 14.9 Å². The third-order valence-electron chi connectivity index (χ3n) is 24.3. The number of carbonyl (C=O) groups is 5. The number of pyridine rings is 1. The average Bonchev–Trinajstić information content (AvgIpc) is 1.63. The van der Waals surface area contributed by atoms with Crippen LogP contribution in [0.3, 0.4) is 0 Å². The molecule has 0 radical (unpaired) electrons. The number of amides is 5. The molecule has 4 aliphatic heterocycles. The maximum absolute atomic E-state index is 14.6. The Bertz CT molecular complexity index is 5440. The van der Waals surface area contributed by atoms with Crippen LogP contribution in [0.5, 0.6) is 5.75 Å². The number of methoxy groups -OCH3 is 1. The minimum Gasteiger partial charge on any atom is -0.494 e. The van der Waals surface area contributed by atoms with E-state index in [1.165, 1.54) is 25.6 Å². The van der Waals surface area contributed by atoms with Crippen LogP contribution in [-0.2, 0) is 34.7 Å². The zero-order chi connectivity index (χ0) is 75.8. The second-order valence-corrected chi connectivity index (χ2v) is 30.7. The standard InChI is InChI=1S/C80H84F4N16O9/c1-93-72-58(6-4-8-65(72)99(78(93)107)67-16-18-70(101)89-76(67)105)45-20-24-95(25-21-45)40-47-10-13-56(97-42-51-31-55(12-15-62(51)91-97)87-75(104)50-28-44(37-85)38-86-39-50)34-60(47)61-35-57(98-43-52-32-64(69(109-3)36-63(52)92-98)88-74(103)49-29-53(80(82,83)84)33-54(81)30-49)14-11-48(61)41-96-26-22-46(23-27-96)59-7-5-9-66-73(59)94(2)79(108)100(66)68-17-19-71(102)90-77(68)106/h4-9,12,15,28-33,36,38-39,42-43,45-48,56-57,60-61,67-68,77,106H,10-11,13-14,16-27,34-35,40-41H2,1-3H3,(H,87,104)(H,88,103)(H,90,102)(H,89,101,105)/t47-,48-,56+,57+,60?,61?,67?,68?,77?/m1/s1. The van der Waals surface area contributed by atoms with Crippen LogP contribution in [0.15, 0.2) is 125 Å². The molecule has 4 saturated heterocycles. The minimum absolute atomic E-state index is 0.0110. The van der Waals surface area contributed by atoms with Crippen molar-refractivity contribution in [2.45, 2.75) is 138 Å². The molecule has 5 aromatic heterocycles. The maximum Gasteiger partial charge on any atom is 0.416 e. The van der Waals surface area contributed by atoms with Crippen LogP contribution in [0, 0.1) is 40.8 Å². The first-order chi connectivity index (χ1) is 52.5. The van der Waals surface area contributed by atoms with E-state index in [0.29, 0.717) is 40.7 Å². The number of imide groups is 1. The van der Waals surface area contributed by atoms with E-state index >= 15 is 0 Å². The molecule has 29 heteroatoms. The number of likely N-dealkylation sites (tertiary alicyclic amines) is 2. The van der Waals surface area contributed by atoms with Crippen molar-refractivity contribution in [3.8, 4) is 11.8 Å². The molecule has 5 unspecified atom stereocenters. The molecule has 6 aliphatic rings. The van der Waals surface area contributed by atoms with E-state index in [9.17, 15) is 61.5 Å². The number of aliphatic hydroxyl groups is 1. The van der Waals surface area contributed by atoms with Crippen molar-refractivity contribution in [2.75, 3.05) is 57.0 Å². The van der Waals surface area contributed by atoms with Crippen LogP contribution in [-0.4, -0.2) is 140 Å². The van der Waals surface area contributed by atoms with Gasteiger partial charge in [0.25, 0.3) is 11.8 Å². The first-order valence-electron chi connectivity index (χ1n) is 37.6. The van der Waals surface area contributed by atoms with Crippen LogP contribution in [0.25, 0.3) is 43.9 Å². The van der Waals surface area contributed by atoms with Crippen molar-refractivity contribution in [3.05, 3.63) is 176 Å². The Morgan fingerprint density at radius 2 is 1.24 bits per heavy atom. The summed E-state index contributed by atoms with van der Waals surface area (Å²) in [5, 5.41) is 43.2. The number of hydrogen-bond donors (Lipinski definition) is 5. The number of para-hydroxylation sites is 2. The lowest BCUT2D eigenvalue weighted by Gasteiger charge is -2.49. The fourth-order valence-electron chi connectivity index (χ4n) is 18.9. The van der Waals surface area contributed by atoms with Gasteiger partial charge >= 0.3 is 17.6 Å². The van der Waals surface area contributed by atoms with Gasteiger partial charge in [-0.15, -0.1) is 0 Å². The molecule has 0 spiro atoms. The van der Waals surface area contributed by atoms with Gasteiger partial charge in [0.15, 0.2) is 0 Å². The second kappa shape index (κ2) is 29.3. The van der Waals surface area contributed by atoms with E-state index in [1.54, 1.807) is 44.5 Å². The summed E-state index contributed by atoms with van der Waals surface area (Å²) in [6.07, 6.45) is 9.95. The highest BCUT2D eigenvalue weighted by Gasteiger charge is 2.46. The highest BCUT2D eigenvalue weighted by molar-refractivity contribution is 6.07. The Hall–Kier alpha value is -10.8. The van der Waals surface area contributed by atoms with Crippen molar-refractivity contribution in [3.63, 3.8) is 0 Å². The van der Waals surface area contributed by atoms with Gasteiger partial charge in [-0.3, -0.25) is 61.9 Å². The zero-order valence-corrected chi connectivity index (χ0v) is 60.6. The van der Waals surface area contributed by atoms with E-state index in [1.807, 2.05) is 59.4 Å². The van der Waals surface area contributed by atoms with Gasteiger partial charge < -0.3 is 35.6 Å². The number of aryl methyl sites for hydroxylation is 2. The number of imidazole rings is 2. The van der Waals surface area contributed by atoms with Gasteiger partial charge in [-0.25, -0.2) is 14.0 Å². The predicted molar refractivity (Wildman–Crippen MR) is 397 cm³/mol. The number of hydrogen-bond acceptors (Lipinski definition) is 15. The lowest BCUT2D eigenvalue weighted by molar-refractivity contribution is -0.138. The van der Waals surface area contributed by atoms with Crippen LogP contribution < -0.4 is 37.4 Å². The Morgan fingerprint density at radius 3 is 1.83 bits per heavy atom. The fourth-order valence-corrected chi connectivity index (χ4v) is 18.9. The number of piperidine rings is 4. The third-order valence-corrected chi connectivity index (χ3v) is 24.3. The summed E-state index contributed by atoms with van der Waals surface area (Å²) in [7, 11) is 4.94. The Balaban J connectivity index is 0.714. The zero-order valence-electron chi connectivity index (χ0n) is 60.6. The Kier molecular flexibility index (Phi) is 19.4. The molecular formula is C80H84F4N16O9. The molecule has 5 N–H and O–H groups in total. The molecule has 10 aromatic rings. The summed E-state index contributed by atoms with van der Waals surface area (Å²) in [5.41, 5.74) is 5.34. The molecule has 5 aromatic carbocycles. The van der Waals surface area contributed by atoms with Crippen molar-refractivity contribution in [1.82, 2.24) is 63.2 Å². The van der Waals surface area contributed by atoms with Crippen LogP contribution in [0.1, 0.15) is 169 Å². The lowest BCUT2D eigenvalue weighted by Crippen LogP contribution is -2.47. The summed E-state index contributed by atoms with van der Waals surface area (Å²) in [6, 6.07) is 24.6. The van der Waals surface area contributed by atoms with E-state index in [0.717, 1.165) is 148 Å². The first-order valence-corrected chi connectivity index (χ1v) is 37.6. The summed E-state index contributed by atoms with van der Waals surface area (Å²) < 4.78 is 72.6. The molecule has 9 atom stereocenters. The van der Waals surface area contributed by atoms with Gasteiger partial charge in [0.2, 0.25) is 17.7 Å². The highest BCUT2D eigenvalue weighted by Crippen LogP contribution is 2.51. The van der Waals surface area contributed by atoms with Crippen LogP contribution >= 0.6 is 0 Å². The van der Waals surface area contributed by atoms with Crippen LogP contribution in [0.4, 0.5) is 28.9 Å². The number of alkyl halides is 3. The summed E-state index contributed by atoms with van der Waals surface area (Å²) in [6.45, 7) is 4.91. The number of benzene rings is 5.